The van der Waals surface area contributed by atoms with Crippen molar-refractivity contribution in [1.29, 1.82) is 0 Å². The standard InChI is InChI=1S/C20H23NO5S/c1-25-16-7-9-18(19(13-16)26-2)21-20(22)10-11-27(23,24)17-8-6-14-4-3-5-15(14)12-17/h6-9,12-13H,3-5,10-11H2,1-2H3,(H,21,22). The van der Waals surface area contributed by atoms with Crippen LogP contribution in [-0.2, 0) is 27.5 Å². The summed E-state index contributed by atoms with van der Waals surface area (Å²) in [5, 5.41) is 2.69. The van der Waals surface area contributed by atoms with Crippen LogP contribution < -0.4 is 14.8 Å². The Morgan fingerprint density at radius 1 is 1.04 bits per heavy atom. The van der Waals surface area contributed by atoms with Crippen molar-refractivity contribution in [3.05, 3.63) is 47.5 Å². The molecule has 0 unspecified atom stereocenters. The van der Waals surface area contributed by atoms with Gasteiger partial charge in [-0.1, -0.05) is 6.07 Å². The number of amides is 1. The molecule has 27 heavy (non-hydrogen) atoms. The van der Waals surface area contributed by atoms with Crippen LogP contribution in [0.1, 0.15) is 24.0 Å². The number of hydrogen-bond acceptors (Lipinski definition) is 5. The van der Waals surface area contributed by atoms with Crippen LogP contribution in [0.4, 0.5) is 5.69 Å². The Kier molecular flexibility index (Phi) is 5.70. The van der Waals surface area contributed by atoms with E-state index in [1.807, 2.05) is 6.07 Å². The minimum absolute atomic E-state index is 0.130. The summed E-state index contributed by atoms with van der Waals surface area (Å²) < 4.78 is 35.5. The molecule has 0 aromatic heterocycles. The minimum Gasteiger partial charge on any atom is -0.497 e. The lowest BCUT2D eigenvalue weighted by molar-refractivity contribution is -0.115. The Bertz CT molecular complexity index is 953. The number of sulfone groups is 1. The first kappa shape index (κ1) is 19.2. The SMILES string of the molecule is COc1ccc(NC(=O)CCS(=O)(=O)c2ccc3c(c2)CCC3)c(OC)c1. The van der Waals surface area contributed by atoms with Crippen LogP contribution in [0.2, 0.25) is 0 Å². The van der Waals surface area contributed by atoms with Crippen molar-refractivity contribution in [3.8, 4) is 11.5 Å². The lowest BCUT2D eigenvalue weighted by atomic mass is 10.1. The van der Waals surface area contributed by atoms with Crippen LogP contribution >= 0.6 is 0 Å². The second kappa shape index (κ2) is 8.00. The second-order valence-corrected chi connectivity index (χ2v) is 8.58. The smallest absolute Gasteiger partial charge is 0.225 e. The molecule has 144 valence electrons. The van der Waals surface area contributed by atoms with Gasteiger partial charge in [0.2, 0.25) is 5.91 Å². The predicted octanol–water partition coefficient (Wildman–Crippen LogP) is 3.00. The molecule has 0 fully saturated rings. The van der Waals surface area contributed by atoms with E-state index in [1.165, 1.54) is 19.8 Å². The topological polar surface area (TPSA) is 81.7 Å². The van der Waals surface area contributed by atoms with E-state index in [2.05, 4.69) is 5.32 Å². The Balaban J connectivity index is 1.65. The van der Waals surface area contributed by atoms with Gasteiger partial charge in [-0.15, -0.1) is 0 Å². The van der Waals surface area contributed by atoms with Crippen LogP contribution in [0.5, 0.6) is 11.5 Å². The number of carbonyl (C=O) groups excluding carboxylic acids is 1. The van der Waals surface area contributed by atoms with Crippen molar-refractivity contribution in [2.45, 2.75) is 30.6 Å². The van der Waals surface area contributed by atoms with Gasteiger partial charge in [-0.2, -0.15) is 0 Å². The fraction of sp³-hybridized carbons (Fsp3) is 0.350. The van der Waals surface area contributed by atoms with E-state index in [0.717, 1.165) is 24.8 Å². The molecule has 1 aliphatic rings. The lowest BCUT2D eigenvalue weighted by Crippen LogP contribution is -2.18. The van der Waals surface area contributed by atoms with Crippen LogP contribution in [0.3, 0.4) is 0 Å². The summed E-state index contributed by atoms with van der Waals surface area (Å²) in [6.07, 6.45) is 2.84. The first-order chi connectivity index (χ1) is 12.9. The fourth-order valence-corrected chi connectivity index (χ4v) is 4.49. The van der Waals surface area contributed by atoms with E-state index < -0.39 is 9.84 Å². The van der Waals surface area contributed by atoms with Crippen molar-refractivity contribution in [3.63, 3.8) is 0 Å². The van der Waals surface area contributed by atoms with Gasteiger partial charge < -0.3 is 14.8 Å². The van der Waals surface area contributed by atoms with Crippen molar-refractivity contribution in [1.82, 2.24) is 0 Å². The zero-order valence-electron chi connectivity index (χ0n) is 15.4. The lowest BCUT2D eigenvalue weighted by Gasteiger charge is -2.12. The number of carbonyl (C=O) groups is 1. The molecule has 1 aliphatic carbocycles. The average molecular weight is 389 g/mol. The minimum atomic E-state index is -3.51. The molecule has 0 aliphatic heterocycles. The zero-order valence-corrected chi connectivity index (χ0v) is 16.3. The summed E-state index contributed by atoms with van der Waals surface area (Å²) >= 11 is 0. The molecule has 0 spiro atoms. The summed E-state index contributed by atoms with van der Waals surface area (Å²) in [7, 11) is -0.480. The van der Waals surface area contributed by atoms with Gasteiger partial charge in [-0.3, -0.25) is 4.79 Å². The monoisotopic (exact) mass is 389 g/mol. The summed E-state index contributed by atoms with van der Waals surface area (Å²) in [5.41, 5.74) is 2.79. The highest BCUT2D eigenvalue weighted by Crippen LogP contribution is 2.29. The van der Waals surface area contributed by atoms with E-state index in [9.17, 15) is 13.2 Å². The third-order valence-corrected chi connectivity index (χ3v) is 6.42. The molecule has 2 aromatic carbocycles. The van der Waals surface area contributed by atoms with Gasteiger partial charge in [0.15, 0.2) is 9.84 Å². The van der Waals surface area contributed by atoms with Gasteiger partial charge in [0.1, 0.15) is 11.5 Å². The number of methoxy groups -OCH3 is 2. The van der Waals surface area contributed by atoms with Crippen LogP contribution in [0.25, 0.3) is 0 Å². The van der Waals surface area contributed by atoms with Gasteiger partial charge in [0.25, 0.3) is 0 Å². The van der Waals surface area contributed by atoms with Crippen molar-refractivity contribution in [2.75, 3.05) is 25.3 Å². The molecule has 0 bridgehead atoms. The van der Waals surface area contributed by atoms with E-state index in [1.54, 1.807) is 30.3 Å². The molecule has 0 saturated heterocycles. The number of hydrogen-bond donors (Lipinski definition) is 1. The number of anilines is 1. The number of rotatable bonds is 7. The molecule has 6 nitrogen and oxygen atoms in total. The third kappa shape index (κ3) is 4.42. The number of aryl methyl sites for hydroxylation is 2. The highest BCUT2D eigenvalue weighted by atomic mass is 32.2. The van der Waals surface area contributed by atoms with Crippen molar-refractivity contribution in [2.24, 2.45) is 0 Å². The first-order valence-corrected chi connectivity index (χ1v) is 10.4. The highest BCUT2D eigenvalue weighted by Gasteiger charge is 2.20. The van der Waals surface area contributed by atoms with Crippen molar-refractivity contribution >= 4 is 21.4 Å². The average Bonchev–Trinajstić information content (AvgIpc) is 3.14. The van der Waals surface area contributed by atoms with Gasteiger partial charge in [-0.05, 0) is 54.7 Å². The van der Waals surface area contributed by atoms with Gasteiger partial charge in [-0.25, -0.2) is 8.42 Å². The van der Waals surface area contributed by atoms with E-state index in [0.29, 0.717) is 17.2 Å². The third-order valence-electron chi connectivity index (χ3n) is 4.71. The first-order valence-electron chi connectivity index (χ1n) is 8.79. The number of nitrogens with one attached hydrogen (secondary N) is 1. The molecule has 0 heterocycles. The summed E-state index contributed by atoms with van der Waals surface area (Å²) in [6, 6.07) is 10.3. The molecule has 0 saturated carbocycles. The number of ether oxygens (including phenoxy) is 2. The molecule has 1 amide bonds. The maximum Gasteiger partial charge on any atom is 0.225 e. The maximum atomic E-state index is 12.6. The normalized spacial score (nSPS) is 13.1. The Morgan fingerprint density at radius 2 is 1.81 bits per heavy atom. The Labute approximate surface area is 159 Å². The Morgan fingerprint density at radius 3 is 2.56 bits per heavy atom. The van der Waals surface area contributed by atoms with Crippen molar-refractivity contribution < 1.29 is 22.7 Å². The summed E-state index contributed by atoms with van der Waals surface area (Å²) in [4.78, 5) is 12.5. The largest absolute Gasteiger partial charge is 0.497 e. The number of fused-ring (bicyclic) bond motifs is 1. The maximum absolute atomic E-state index is 12.6. The Hall–Kier alpha value is -2.54. The molecule has 0 atom stereocenters. The highest BCUT2D eigenvalue weighted by molar-refractivity contribution is 7.91. The molecular weight excluding hydrogens is 366 g/mol. The predicted molar refractivity (Wildman–Crippen MR) is 103 cm³/mol. The van der Waals surface area contributed by atoms with E-state index >= 15 is 0 Å². The van der Waals surface area contributed by atoms with Crippen LogP contribution in [0, 0.1) is 0 Å². The number of benzene rings is 2. The van der Waals surface area contributed by atoms with E-state index in [-0.39, 0.29) is 23.0 Å². The quantitative estimate of drug-likeness (QED) is 0.787. The van der Waals surface area contributed by atoms with Crippen LogP contribution in [-0.4, -0.2) is 34.3 Å². The molecule has 1 N–H and O–H groups in total. The zero-order chi connectivity index (χ0) is 19.4. The molecule has 7 heteroatoms. The van der Waals surface area contributed by atoms with Gasteiger partial charge in [0.05, 0.1) is 30.6 Å². The molecule has 0 radical (unpaired) electrons. The van der Waals surface area contributed by atoms with E-state index in [4.69, 9.17) is 9.47 Å². The molecule has 2 aromatic rings. The van der Waals surface area contributed by atoms with Gasteiger partial charge in [0, 0.05) is 12.5 Å². The van der Waals surface area contributed by atoms with Gasteiger partial charge >= 0.3 is 0 Å². The second-order valence-electron chi connectivity index (χ2n) is 6.47. The summed E-state index contributed by atoms with van der Waals surface area (Å²) in [6.45, 7) is 0. The fourth-order valence-electron chi connectivity index (χ4n) is 3.20. The van der Waals surface area contributed by atoms with Crippen LogP contribution in [0.15, 0.2) is 41.3 Å². The molecular formula is C20H23NO5S. The molecule has 3 rings (SSSR count). The summed E-state index contributed by atoms with van der Waals surface area (Å²) in [5.74, 6) is 0.423.